The van der Waals surface area contributed by atoms with E-state index in [1.165, 1.54) is 16.9 Å². The van der Waals surface area contributed by atoms with Gasteiger partial charge in [0.25, 0.3) is 0 Å². The summed E-state index contributed by atoms with van der Waals surface area (Å²) in [5.41, 5.74) is 3.72. The Kier molecular flexibility index (Phi) is 5.00. The number of para-hydroxylation sites is 1. The minimum Gasteiger partial charge on any atom is -0.344 e. The van der Waals surface area contributed by atoms with Crippen molar-refractivity contribution in [2.75, 3.05) is 18.5 Å². The van der Waals surface area contributed by atoms with Crippen molar-refractivity contribution < 1.29 is 0 Å². The average molecular weight is 319 g/mol. The number of nitrogens with one attached hydrogen (secondary N) is 1. The van der Waals surface area contributed by atoms with Gasteiger partial charge >= 0.3 is 0 Å². The maximum Gasteiger partial charge on any atom is 0.0465 e. The zero-order valence-corrected chi connectivity index (χ0v) is 12.9. The van der Waals surface area contributed by atoms with Gasteiger partial charge < -0.3 is 10.2 Å². The molecule has 0 aliphatic rings. The highest BCUT2D eigenvalue weighted by Crippen LogP contribution is 2.29. The Morgan fingerprint density at radius 3 is 2.53 bits per heavy atom. The first-order valence-corrected chi connectivity index (χ1v) is 7.29. The summed E-state index contributed by atoms with van der Waals surface area (Å²) < 4.78 is 1.10. The van der Waals surface area contributed by atoms with Crippen molar-refractivity contribution >= 4 is 27.3 Å². The van der Waals surface area contributed by atoms with Gasteiger partial charge in [-0.25, -0.2) is 0 Å². The number of halogens is 1. The molecule has 0 aromatic heterocycles. The van der Waals surface area contributed by atoms with Gasteiger partial charge in [0.2, 0.25) is 0 Å². The summed E-state index contributed by atoms with van der Waals surface area (Å²) >= 11 is 3.56. The molecule has 0 atom stereocenters. The smallest absolute Gasteiger partial charge is 0.0465 e. The topological polar surface area (TPSA) is 15.3 Å². The summed E-state index contributed by atoms with van der Waals surface area (Å²) in [6, 6.07) is 16.8. The van der Waals surface area contributed by atoms with Crippen molar-refractivity contribution in [3.05, 3.63) is 58.6 Å². The zero-order chi connectivity index (χ0) is 13.7. The van der Waals surface area contributed by atoms with Gasteiger partial charge in [-0.15, -0.1) is 0 Å². The van der Waals surface area contributed by atoms with Crippen LogP contribution in [-0.2, 0) is 6.54 Å². The van der Waals surface area contributed by atoms with Crippen LogP contribution in [0.1, 0.15) is 12.5 Å². The maximum atomic E-state index is 3.56. The summed E-state index contributed by atoms with van der Waals surface area (Å²) in [6.07, 6.45) is 0. The molecule has 3 heteroatoms. The lowest BCUT2D eigenvalue weighted by Gasteiger charge is -2.23. The highest BCUT2D eigenvalue weighted by Gasteiger charge is 2.09. The SMILES string of the molecule is CCNCc1ccc(Br)cc1N(C)c1ccccc1. The molecular formula is C16H19BrN2. The van der Waals surface area contributed by atoms with Crippen molar-refractivity contribution in [3.8, 4) is 0 Å². The number of nitrogens with zero attached hydrogens (tertiary/aromatic N) is 1. The van der Waals surface area contributed by atoms with Crippen LogP contribution in [0.25, 0.3) is 0 Å². The highest BCUT2D eigenvalue weighted by molar-refractivity contribution is 9.10. The summed E-state index contributed by atoms with van der Waals surface area (Å²) in [5.74, 6) is 0. The standard InChI is InChI=1S/C16H19BrN2/c1-3-18-12-13-9-10-14(17)11-16(13)19(2)15-7-5-4-6-8-15/h4-11,18H,3,12H2,1-2H3. The molecule has 0 unspecified atom stereocenters. The molecule has 2 aromatic rings. The van der Waals surface area contributed by atoms with E-state index < -0.39 is 0 Å². The Bertz CT molecular complexity index is 526. The van der Waals surface area contributed by atoms with Gasteiger partial charge in [-0.05, 0) is 36.4 Å². The third kappa shape index (κ3) is 3.58. The summed E-state index contributed by atoms with van der Waals surface area (Å²) in [6.45, 7) is 3.99. The van der Waals surface area contributed by atoms with Crippen LogP contribution in [0.3, 0.4) is 0 Å². The van der Waals surface area contributed by atoms with Crippen molar-refractivity contribution in [3.63, 3.8) is 0 Å². The van der Waals surface area contributed by atoms with Crippen LogP contribution < -0.4 is 10.2 Å². The largest absolute Gasteiger partial charge is 0.344 e. The van der Waals surface area contributed by atoms with Gasteiger partial charge in [-0.2, -0.15) is 0 Å². The molecule has 19 heavy (non-hydrogen) atoms. The van der Waals surface area contributed by atoms with E-state index in [9.17, 15) is 0 Å². The molecule has 0 saturated heterocycles. The molecule has 0 heterocycles. The van der Waals surface area contributed by atoms with Crippen LogP contribution in [0, 0.1) is 0 Å². The molecule has 2 rings (SSSR count). The number of rotatable bonds is 5. The van der Waals surface area contributed by atoms with Crippen LogP contribution in [0.5, 0.6) is 0 Å². The van der Waals surface area contributed by atoms with Crippen LogP contribution >= 0.6 is 15.9 Å². The molecule has 0 spiro atoms. The summed E-state index contributed by atoms with van der Waals surface area (Å²) in [5, 5.41) is 3.39. The lowest BCUT2D eigenvalue weighted by Crippen LogP contribution is -2.17. The molecule has 0 radical (unpaired) electrons. The zero-order valence-electron chi connectivity index (χ0n) is 11.4. The number of benzene rings is 2. The normalized spacial score (nSPS) is 10.5. The minimum absolute atomic E-state index is 0.885. The Morgan fingerprint density at radius 1 is 1.11 bits per heavy atom. The second kappa shape index (κ2) is 6.73. The fourth-order valence-electron chi connectivity index (χ4n) is 2.05. The predicted octanol–water partition coefficient (Wildman–Crippen LogP) is 4.33. The van der Waals surface area contributed by atoms with Crippen molar-refractivity contribution in [1.29, 1.82) is 0 Å². The number of hydrogen-bond donors (Lipinski definition) is 1. The van der Waals surface area contributed by atoms with E-state index in [4.69, 9.17) is 0 Å². The first kappa shape index (κ1) is 14.1. The molecule has 2 nitrogen and oxygen atoms in total. The molecule has 0 aliphatic carbocycles. The Labute approximate surface area is 123 Å². The minimum atomic E-state index is 0.885. The maximum absolute atomic E-state index is 3.56. The molecule has 1 N–H and O–H groups in total. The van der Waals surface area contributed by atoms with Gasteiger partial charge in [0.05, 0.1) is 0 Å². The fourth-order valence-corrected chi connectivity index (χ4v) is 2.40. The van der Waals surface area contributed by atoms with E-state index in [1.807, 2.05) is 6.07 Å². The third-order valence-electron chi connectivity index (χ3n) is 3.12. The lowest BCUT2D eigenvalue weighted by atomic mass is 10.1. The summed E-state index contributed by atoms with van der Waals surface area (Å²) in [7, 11) is 2.10. The van der Waals surface area contributed by atoms with Crippen LogP contribution in [-0.4, -0.2) is 13.6 Å². The number of hydrogen-bond acceptors (Lipinski definition) is 2. The van der Waals surface area contributed by atoms with Gasteiger partial charge in [0, 0.05) is 29.4 Å². The van der Waals surface area contributed by atoms with Crippen LogP contribution in [0.15, 0.2) is 53.0 Å². The van der Waals surface area contributed by atoms with Gasteiger partial charge in [-0.1, -0.05) is 47.1 Å². The quantitative estimate of drug-likeness (QED) is 0.882. The second-order valence-corrected chi connectivity index (χ2v) is 5.36. The first-order valence-electron chi connectivity index (χ1n) is 6.50. The molecule has 0 fully saturated rings. The predicted molar refractivity (Wildman–Crippen MR) is 86.0 cm³/mol. The Hall–Kier alpha value is -1.32. The molecule has 0 amide bonds. The van der Waals surface area contributed by atoms with Crippen molar-refractivity contribution in [1.82, 2.24) is 5.32 Å². The second-order valence-electron chi connectivity index (χ2n) is 4.45. The van der Waals surface area contributed by atoms with E-state index in [-0.39, 0.29) is 0 Å². The molecule has 0 aliphatic heterocycles. The van der Waals surface area contributed by atoms with E-state index in [1.54, 1.807) is 0 Å². The highest BCUT2D eigenvalue weighted by atomic mass is 79.9. The Morgan fingerprint density at radius 2 is 1.84 bits per heavy atom. The van der Waals surface area contributed by atoms with E-state index in [2.05, 4.69) is 82.6 Å². The van der Waals surface area contributed by atoms with E-state index >= 15 is 0 Å². The molecule has 0 bridgehead atoms. The molecule has 0 saturated carbocycles. The van der Waals surface area contributed by atoms with E-state index in [0.717, 1.165) is 17.6 Å². The van der Waals surface area contributed by atoms with Gasteiger partial charge in [0.15, 0.2) is 0 Å². The van der Waals surface area contributed by atoms with Crippen molar-refractivity contribution in [2.24, 2.45) is 0 Å². The molecular weight excluding hydrogens is 300 g/mol. The van der Waals surface area contributed by atoms with Gasteiger partial charge in [0.1, 0.15) is 0 Å². The molecule has 100 valence electrons. The van der Waals surface area contributed by atoms with Gasteiger partial charge in [-0.3, -0.25) is 0 Å². The van der Waals surface area contributed by atoms with Crippen molar-refractivity contribution in [2.45, 2.75) is 13.5 Å². The number of anilines is 2. The molecule has 2 aromatic carbocycles. The Balaban J connectivity index is 2.34. The fraction of sp³-hybridized carbons (Fsp3) is 0.250. The first-order chi connectivity index (χ1) is 9.22. The summed E-state index contributed by atoms with van der Waals surface area (Å²) in [4.78, 5) is 2.22. The third-order valence-corrected chi connectivity index (χ3v) is 3.61. The monoisotopic (exact) mass is 318 g/mol. The van der Waals surface area contributed by atoms with Crippen LogP contribution in [0.4, 0.5) is 11.4 Å². The average Bonchev–Trinajstić information content (AvgIpc) is 2.46. The lowest BCUT2D eigenvalue weighted by molar-refractivity contribution is 0.726. The van der Waals surface area contributed by atoms with E-state index in [0.29, 0.717) is 0 Å². The van der Waals surface area contributed by atoms with Crippen LogP contribution in [0.2, 0.25) is 0 Å².